The molecule has 0 atom stereocenters. The van der Waals surface area contributed by atoms with Crippen LogP contribution in [-0.2, 0) is 12.8 Å². The Hall–Kier alpha value is -4.82. The molecule has 8 rings (SSSR count). The highest BCUT2D eigenvalue weighted by Crippen LogP contribution is 2.40. The molecule has 0 saturated carbocycles. The van der Waals surface area contributed by atoms with Crippen molar-refractivity contribution in [1.29, 1.82) is 0 Å². The van der Waals surface area contributed by atoms with Gasteiger partial charge in [0, 0.05) is 21.9 Å². The normalized spacial score (nSPS) is 12.0. The van der Waals surface area contributed by atoms with Crippen LogP contribution in [0.1, 0.15) is 102 Å². The third-order valence-electron chi connectivity index (χ3n) is 11.2. The van der Waals surface area contributed by atoms with Crippen molar-refractivity contribution in [3.05, 3.63) is 120 Å². The van der Waals surface area contributed by atoms with Gasteiger partial charge in [-0.05, 0) is 106 Å². The van der Waals surface area contributed by atoms with E-state index in [4.69, 9.17) is 8.83 Å². The zero-order valence-corrected chi connectivity index (χ0v) is 31.1. The van der Waals surface area contributed by atoms with Crippen molar-refractivity contribution < 1.29 is 8.83 Å². The molecular weight excluding hydrogens is 633 g/mol. The molecule has 2 nitrogen and oxygen atoms in total. The van der Waals surface area contributed by atoms with Gasteiger partial charge >= 0.3 is 0 Å². The summed E-state index contributed by atoms with van der Waals surface area (Å²) in [6.45, 7) is 4.56. The highest BCUT2D eigenvalue weighted by Gasteiger charge is 2.15. The van der Waals surface area contributed by atoms with Crippen molar-refractivity contribution in [2.45, 2.75) is 104 Å². The first-order chi connectivity index (χ1) is 25.7. The van der Waals surface area contributed by atoms with E-state index in [0.29, 0.717) is 0 Å². The van der Waals surface area contributed by atoms with Gasteiger partial charge in [0.1, 0.15) is 22.7 Å². The zero-order valence-electron chi connectivity index (χ0n) is 31.1. The van der Waals surface area contributed by atoms with Gasteiger partial charge in [-0.1, -0.05) is 151 Å². The quantitative estimate of drug-likeness (QED) is 0.0748. The molecule has 0 radical (unpaired) electrons. The second kappa shape index (κ2) is 15.8. The molecule has 264 valence electrons. The van der Waals surface area contributed by atoms with Crippen LogP contribution < -0.4 is 0 Å². The number of hydrogen-bond acceptors (Lipinski definition) is 2. The summed E-state index contributed by atoms with van der Waals surface area (Å²) in [5, 5.41) is 9.85. The van der Waals surface area contributed by atoms with Crippen molar-refractivity contribution in [1.82, 2.24) is 0 Å². The van der Waals surface area contributed by atoms with E-state index >= 15 is 0 Å². The van der Waals surface area contributed by atoms with Crippen molar-refractivity contribution in [2.75, 3.05) is 0 Å². The van der Waals surface area contributed by atoms with Gasteiger partial charge in [-0.3, -0.25) is 0 Å². The van der Waals surface area contributed by atoms with Gasteiger partial charge in [-0.25, -0.2) is 0 Å². The van der Waals surface area contributed by atoms with Crippen LogP contribution >= 0.6 is 0 Å². The molecular formula is C50H52O2. The molecule has 0 aliphatic carbocycles. The minimum atomic E-state index is 0.938. The van der Waals surface area contributed by atoms with Gasteiger partial charge in [0.15, 0.2) is 0 Å². The topological polar surface area (TPSA) is 26.3 Å². The number of fused-ring (bicyclic) bond motifs is 9. The first-order valence-corrected chi connectivity index (χ1v) is 20.1. The molecule has 6 aromatic carbocycles. The Labute approximate surface area is 308 Å². The second-order valence-corrected chi connectivity index (χ2v) is 15.0. The zero-order chi connectivity index (χ0) is 35.3. The molecule has 2 aromatic heterocycles. The lowest BCUT2D eigenvalue weighted by molar-refractivity contribution is 0.607. The molecule has 0 aliphatic heterocycles. The fourth-order valence-electron chi connectivity index (χ4n) is 8.34. The maximum Gasteiger partial charge on any atom is 0.135 e. The van der Waals surface area contributed by atoms with Crippen LogP contribution in [-0.4, -0.2) is 0 Å². The summed E-state index contributed by atoms with van der Waals surface area (Å²) in [7, 11) is 0. The van der Waals surface area contributed by atoms with Gasteiger partial charge in [-0.2, -0.15) is 0 Å². The van der Waals surface area contributed by atoms with E-state index in [2.05, 4.69) is 123 Å². The lowest BCUT2D eigenvalue weighted by Crippen LogP contribution is -1.87. The fraction of sp³-hybridized carbons (Fsp3) is 0.320. The largest absolute Gasteiger partial charge is 0.456 e. The van der Waals surface area contributed by atoms with Crippen molar-refractivity contribution >= 4 is 54.3 Å². The molecule has 2 heterocycles. The number of aryl methyl sites for hydroxylation is 2. The molecule has 0 N–H and O–H groups in total. The Morgan fingerprint density at radius 3 is 1.13 bits per heavy atom. The molecule has 0 bridgehead atoms. The number of benzene rings is 6. The second-order valence-electron chi connectivity index (χ2n) is 15.0. The Morgan fingerprint density at radius 2 is 0.712 bits per heavy atom. The SMILES string of the molecule is CCCCCCCCc1cccc(-c2cc3c(ccc4c3ccc3c5ccc6oc(-c7cccc(CCCCCCCC)c7)cc6c5ccc43)o2)c1. The van der Waals surface area contributed by atoms with E-state index in [9.17, 15) is 0 Å². The predicted molar refractivity (Wildman–Crippen MR) is 224 cm³/mol. The maximum absolute atomic E-state index is 6.49. The number of furan rings is 2. The molecule has 52 heavy (non-hydrogen) atoms. The minimum absolute atomic E-state index is 0.938. The Morgan fingerprint density at radius 1 is 0.346 bits per heavy atom. The van der Waals surface area contributed by atoms with Crippen molar-refractivity contribution in [3.63, 3.8) is 0 Å². The van der Waals surface area contributed by atoms with Crippen LogP contribution in [0, 0.1) is 0 Å². The number of rotatable bonds is 16. The number of hydrogen-bond donors (Lipinski definition) is 0. The van der Waals surface area contributed by atoms with Crippen molar-refractivity contribution in [3.8, 4) is 22.6 Å². The molecule has 0 saturated heterocycles. The van der Waals surface area contributed by atoms with Crippen LogP contribution in [0.2, 0.25) is 0 Å². The van der Waals surface area contributed by atoms with Crippen LogP contribution in [0.15, 0.2) is 118 Å². The van der Waals surface area contributed by atoms with E-state index in [-0.39, 0.29) is 0 Å². The predicted octanol–water partition coefficient (Wildman–Crippen LogP) is 15.8. The standard InChI is InChI=1S/C50H52O2/c1-3-5-7-9-11-13-17-35-19-15-21-37(31-35)49-33-45-43-25-23-40-39(41(43)27-29-47(45)51-49)24-26-44-42(40)28-30-48-46(44)34-50(52-48)38-22-16-20-36(32-38)18-14-12-10-8-6-4-2/h15-16,19-34H,3-14,17-18H2,1-2H3. The third kappa shape index (κ3) is 7.13. The molecule has 0 spiro atoms. The van der Waals surface area contributed by atoms with Crippen LogP contribution in [0.5, 0.6) is 0 Å². The van der Waals surface area contributed by atoms with Gasteiger partial charge < -0.3 is 8.83 Å². The van der Waals surface area contributed by atoms with E-state index in [0.717, 1.165) is 46.7 Å². The van der Waals surface area contributed by atoms with E-state index in [1.54, 1.807) is 0 Å². The van der Waals surface area contributed by atoms with Crippen LogP contribution in [0.4, 0.5) is 0 Å². The first kappa shape index (κ1) is 34.3. The Kier molecular flexibility index (Phi) is 10.4. The van der Waals surface area contributed by atoms with Gasteiger partial charge in [0.2, 0.25) is 0 Å². The molecule has 2 heteroatoms. The first-order valence-electron chi connectivity index (χ1n) is 20.1. The lowest BCUT2D eigenvalue weighted by Gasteiger charge is -2.08. The van der Waals surface area contributed by atoms with Crippen LogP contribution in [0.3, 0.4) is 0 Å². The Bertz CT molecular complexity index is 2280. The van der Waals surface area contributed by atoms with E-state index < -0.39 is 0 Å². The molecule has 0 fully saturated rings. The summed E-state index contributed by atoms with van der Waals surface area (Å²) in [5.74, 6) is 1.88. The summed E-state index contributed by atoms with van der Waals surface area (Å²) in [4.78, 5) is 0. The highest BCUT2D eigenvalue weighted by atomic mass is 16.3. The monoisotopic (exact) mass is 684 g/mol. The van der Waals surface area contributed by atoms with Gasteiger partial charge in [0.05, 0.1) is 0 Å². The molecule has 0 aliphatic rings. The van der Waals surface area contributed by atoms with E-state index in [1.807, 2.05) is 0 Å². The summed E-state index contributed by atoms with van der Waals surface area (Å²) >= 11 is 0. The van der Waals surface area contributed by atoms with Crippen LogP contribution in [0.25, 0.3) is 76.9 Å². The average Bonchev–Trinajstić information content (AvgIpc) is 3.83. The third-order valence-corrected chi connectivity index (χ3v) is 11.2. The Balaban J connectivity index is 1.06. The van der Waals surface area contributed by atoms with Crippen molar-refractivity contribution in [2.24, 2.45) is 0 Å². The summed E-state index contributed by atoms with van der Waals surface area (Å²) in [5.41, 5.74) is 6.99. The van der Waals surface area contributed by atoms with Gasteiger partial charge in [0.25, 0.3) is 0 Å². The smallest absolute Gasteiger partial charge is 0.135 e. The summed E-state index contributed by atoms with van der Waals surface area (Å²) < 4.78 is 13.0. The fourth-order valence-corrected chi connectivity index (χ4v) is 8.34. The molecule has 0 unspecified atom stereocenters. The number of unbranched alkanes of at least 4 members (excludes halogenated alkanes) is 10. The maximum atomic E-state index is 6.49. The molecule has 0 amide bonds. The summed E-state index contributed by atoms with van der Waals surface area (Å²) in [6, 6.07) is 40.3. The average molecular weight is 685 g/mol. The summed E-state index contributed by atoms with van der Waals surface area (Å²) in [6.07, 6.45) is 18.1. The van der Waals surface area contributed by atoms with E-state index in [1.165, 1.54) is 131 Å². The lowest BCUT2D eigenvalue weighted by atomic mass is 9.94. The minimum Gasteiger partial charge on any atom is -0.456 e. The van der Waals surface area contributed by atoms with Gasteiger partial charge in [-0.15, -0.1) is 0 Å². The molecule has 8 aromatic rings. The highest BCUT2D eigenvalue weighted by molar-refractivity contribution is 6.24.